The van der Waals surface area contributed by atoms with Crippen molar-refractivity contribution in [1.29, 1.82) is 0 Å². The molecule has 0 bridgehead atoms. The lowest BCUT2D eigenvalue weighted by atomic mass is 9.97. The Bertz CT molecular complexity index is 1140. The highest BCUT2D eigenvalue weighted by Crippen LogP contribution is 2.41. The number of rotatable bonds is 7. The molecule has 0 aliphatic rings. The van der Waals surface area contributed by atoms with Gasteiger partial charge in [0.05, 0.1) is 20.5 Å². The first-order valence-corrected chi connectivity index (χ1v) is 9.76. The fourth-order valence-corrected chi connectivity index (χ4v) is 3.40. The van der Waals surface area contributed by atoms with E-state index in [4.69, 9.17) is 13.9 Å². The number of ether oxygens (including phenoxy) is 2. The van der Waals surface area contributed by atoms with Crippen LogP contribution in [0.1, 0.15) is 20.3 Å². The zero-order chi connectivity index (χ0) is 20.4. The Labute approximate surface area is 169 Å². The summed E-state index contributed by atoms with van der Waals surface area (Å²) >= 11 is 0. The van der Waals surface area contributed by atoms with E-state index in [1.165, 1.54) is 0 Å². The predicted molar refractivity (Wildman–Crippen MR) is 116 cm³/mol. The van der Waals surface area contributed by atoms with E-state index in [0.717, 1.165) is 45.8 Å². The molecule has 0 fully saturated rings. The number of hydrogen-bond donors (Lipinski definition) is 1. The van der Waals surface area contributed by atoms with Crippen molar-refractivity contribution in [3.05, 3.63) is 42.9 Å². The van der Waals surface area contributed by atoms with E-state index in [1.54, 1.807) is 20.5 Å². The van der Waals surface area contributed by atoms with Gasteiger partial charge in [-0.25, -0.2) is 9.97 Å². The minimum absolute atomic E-state index is 0.571. The van der Waals surface area contributed by atoms with Gasteiger partial charge in [0.15, 0.2) is 11.5 Å². The van der Waals surface area contributed by atoms with E-state index in [-0.39, 0.29) is 0 Å². The topological polar surface area (TPSA) is 69.4 Å². The lowest BCUT2D eigenvalue weighted by Crippen LogP contribution is -2.12. The van der Waals surface area contributed by atoms with Crippen molar-refractivity contribution in [2.24, 2.45) is 5.92 Å². The smallest absolute Gasteiger partial charge is 0.222 e. The fraction of sp³-hybridized carbons (Fsp3) is 0.304. The first kappa shape index (κ1) is 19.1. The van der Waals surface area contributed by atoms with Crippen LogP contribution in [-0.4, -0.2) is 30.7 Å². The molecular formula is C23H25N3O3. The van der Waals surface area contributed by atoms with Crippen molar-refractivity contribution in [2.75, 3.05) is 26.1 Å². The molecular weight excluding hydrogens is 366 g/mol. The van der Waals surface area contributed by atoms with Gasteiger partial charge in [-0.15, -0.1) is 0 Å². The SMILES string of the molecule is CCC(C)CNc1ncc(-c2c3cc(OC)c(OC)cc3cc3ccoc23)cn1. The molecule has 0 spiro atoms. The third-order valence-electron chi connectivity index (χ3n) is 5.30. The van der Waals surface area contributed by atoms with Crippen LogP contribution in [-0.2, 0) is 0 Å². The molecule has 2 heterocycles. The molecule has 0 saturated carbocycles. The van der Waals surface area contributed by atoms with Crippen LogP contribution in [0.3, 0.4) is 0 Å². The summed E-state index contributed by atoms with van der Waals surface area (Å²) in [6.45, 7) is 5.23. The summed E-state index contributed by atoms with van der Waals surface area (Å²) in [5, 5.41) is 6.33. The lowest BCUT2D eigenvalue weighted by molar-refractivity contribution is 0.356. The van der Waals surface area contributed by atoms with E-state index < -0.39 is 0 Å². The lowest BCUT2D eigenvalue weighted by Gasteiger charge is -2.13. The predicted octanol–water partition coefficient (Wildman–Crippen LogP) is 5.52. The van der Waals surface area contributed by atoms with Crippen LogP contribution < -0.4 is 14.8 Å². The molecule has 29 heavy (non-hydrogen) atoms. The number of furan rings is 1. The molecule has 6 heteroatoms. The van der Waals surface area contributed by atoms with Gasteiger partial charge >= 0.3 is 0 Å². The van der Waals surface area contributed by atoms with Crippen molar-refractivity contribution < 1.29 is 13.9 Å². The van der Waals surface area contributed by atoms with Crippen LogP contribution in [0.25, 0.3) is 32.9 Å². The molecule has 4 rings (SSSR count). The number of aromatic nitrogens is 2. The Kier molecular flexibility index (Phi) is 5.25. The molecule has 2 aromatic carbocycles. The number of fused-ring (bicyclic) bond motifs is 2. The van der Waals surface area contributed by atoms with E-state index in [0.29, 0.717) is 23.4 Å². The number of nitrogens with one attached hydrogen (secondary N) is 1. The molecule has 2 aromatic heterocycles. The van der Waals surface area contributed by atoms with Crippen LogP contribution in [0.2, 0.25) is 0 Å². The van der Waals surface area contributed by atoms with Gasteiger partial charge in [0, 0.05) is 35.5 Å². The Hall–Kier alpha value is -3.28. The number of hydrogen-bond acceptors (Lipinski definition) is 6. The summed E-state index contributed by atoms with van der Waals surface area (Å²) in [7, 11) is 3.27. The second kappa shape index (κ2) is 7.99. The maximum Gasteiger partial charge on any atom is 0.222 e. The third-order valence-corrected chi connectivity index (χ3v) is 5.30. The number of methoxy groups -OCH3 is 2. The molecule has 0 saturated heterocycles. The summed E-state index contributed by atoms with van der Waals surface area (Å²) in [4.78, 5) is 9.03. The quantitative estimate of drug-likeness (QED) is 0.447. The van der Waals surface area contributed by atoms with Crippen molar-refractivity contribution in [1.82, 2.24) is 9.97 Å². The Balaban J connectivity index is 1.83. The Morgan fingerprint density at radius 1 is 1.03 bits per heavy atom. The summed E-state index contributed by atoms with van der Waals surface area (Å²) in [6.07, 6.45) is 6.48. The second-order valence-corrected chi connectivity index (χ2v) is 7.21. The van der Waals surface area contributed by atoms with Gasteiger partial charge in [0.1, 0.15) is 5.58 Å². The molecule has 1 N–H and O–H groups in total. The molecule has 0 radical (unpaired) electrons. The second-order valence-electron chi connectivity index (χ2n) is 7.21. The zero-order valence-corrected chi connectivity index (χ0v) is 17.2. The average molecular weight is 391 g/mol. The first-order valence-electron chi connectivity index (χ1n) is 9.76. The summed E-state index contributed by atoms with van der Waals surface area (Å²) in [6, 6.07) is 7.99. The minimum atomic E-state index is 0.571. The highest BCUT2D eigenvalue weighted by Gasteiger charge is 2.16. The molecule has 0 amide bonds. The largest absolute Gasteiger partial charge is 0.493 e. The van der Waals surface area contributed by atoms with E-state index in [1.807, 2.05) is 30.6 Å². The molecule has 0 aliphatic heterocycles. The van der Waals surface area contributed by atoms with Gasteiger partial charge in [0.25, 0.3) is 0 Å². The molecule has 4 aromatic rings. The molecule has 1 atom stereocenters. The molecule has 0 aliphatic carbocycles. The standard InChI is InChI=1S/C23H25N3O3/c1-5-14(2)11-24-23-25-12-17(13-26-23)21-18-10-20(28-4)19(27-3)9-16(18)8-15-6-7-29-22(15)21/h6-10,12-14H,5,11H2,1-4H3,(H,24,25,26). The Morgan fingerprint density at radius 3 is 2.45 bits per heavy atom. The summed E-state index contributed by atoms with van der Waals surface area (Å²) < 4.78 is 16.8. The van der Waals surface area contributed by atoms with E-state index >= 15 is 0 Å². The van der Waals surface area contributed by atoms with Crippen molar-refractivity contribution in [3.63, 3.8) is 0 Å². The number of benzene rings is 2. The minimum Gasteiger partial charge on any atom is -0.493 e. The first-order chi connectivity index (χ1) is 14.1. The molecule has 1 unspecified atom stereocenters. The van der Waals surface area contributed by atoms with Crippen molar-refractivity contribution in [3.8, 4) is 22.6 Å². The summed E-state index contributed by atoms with van der Waals surface area (Å²) in [5.74, 6) is 2.56. The maximum atomic E-state index is 5.82. The normalized spacial score (nSPS) is 12.3. The zero-order valence-electron chi connectivity index (χ0n) is 17.2. The van der Waals surface area contributed by atoms with Gasteiger partial charge in [0.2, 0.25) is 5.95 Å². The van der Waals surface area contributed by atoms with Gasteiger partial charge < -0.3 is 19.2 Å². The molecule has 150 valence electrons. The van der Waals surface area contributed by atoms with Crippen LogP contribution in [0.15, 0.2) is 47.3 Å². The fourth-order valence-electron chi connectivity index (χ4n) is 3.40. The maximum absolute atomic E-state index is 5.82. The van der Waals surface area contributed by atoms with Crippen LogP contribution in [0.4, 0.5) is 5.95 Å². The summed E-state index contributed by atoms with van der Waals surface area (Å²) in [5.41, 5.74) is 2.63. The highest BCUT2D eigenvalue weighted by molar-refractivity contribution is 6.11. The third kappa shape index (κ3) is 3.58. The van der Waals surface area contributed by atoms with Crippen molar-refractivity contribution >= 4 is 27.7 Å². The van der Waals surface area contributed by atoms with Crippen LogP contribution in [0, 0.1) is 5.92 Å². The van der Waals surface area contributed by atoms with Gasteiger partial charge in [-0.2, -0.15) is 0 Å². The van der Waals surface area contributed by atoms with Crippen LogP contribution >= 0.6 is 0 Å². The van der Waals surface area contributed by atoms with Crippen molar-refractivity contribution in [2.45, 2.75) is 20.3 Å². The number of anilines is 1. The highest BCUT2D eigenvalue weighted by atomic mass is 16.5. The monoisotopic (exact) mass is 391 g/mol. The van der Waals surface area contributed by atoms with E-state index in [9.17, 15) is 0 Å². The van der Waals surface area contributed by atoms with Crippen LogP contribution in [0.5, 0.6) is 11.5 Å². The average Bonchev–Trinajstić information content (AvgIpc) is 3.23. The molecule has 6 nitrogen and oxygen atoms in total. The Morgan fingerprint density at radius 2 is 1.76 bits per heavy atom. The van der Waals surface area contributed by atoms with Gasteiger partial charge in [-0.1, -0.05) is 20.3 Å². The van der Waals surface area contributed by atoms with E-state index in [2.05, 4.69) is 35.2 Å². The number of nitrogens with zero attached hydrogens (tertiary/aromatic N) is 2. The van der Waals surface area contributed by atoms with Gasteiger partial charge in [-0.3, -0.25) is 0 Å². The van der Waals surface area contributed by atoms with Gasteiger partial charge in [-0.05, 0) is 41.0 Å².